The monoisotopic (exact) mass is 298 g/mol. The summed E-state index contributed by atoms with van der Waals surface area (Å²) in [7, 11) is 0. The van der Waals surface area contributed by atoms with Crippen LogP contribution in [0.25, 0.3) is 0 Å². The number of nitrogens with zero attached hydrogens (tertiary/aromatic N) is 3. The molecule has 0 spiro atoms. The second-order valence-corrected chi connectivity index (χ2v) is 4.29. The molecule has 9 heteroatoms. The minimum absolute atomic E-state index is 0.0123. The van der Waals surface area contributed by atoms with E-state index >= 15 is 0 Å². The molecule has 1 N–H and O–H groups in total. The van der Waals surface area contributed by atoms with E-state index in [1.54, 1.807) is 0 Å². The first kappa shape index (κ1) is 13.4. The number of pyridine rings is 1. The van der Waals surface area contributed by atoms with Gasteiger partial charge in [-0.3, -0.25) is 4.79 Å². The maximum absolute atomic E-state index is 12.8. The molecule has 0 saturated heterocycles. The van der Waals surface area contributed by atoms with E-state index in [0.717, 1.165) is 12.3 Å². The first-order chi connectivity index (χ1) is 9.95. The third-order valence-electron chi connectivity index (χ3n) is 2.85. The third kappa shape index (κ3) is 2.54. The van der Waals surface area contributed by atoms with Gasteiger partial charge in [0.15, 0.2) is 11.4 Å². The Morgan fingerprint density at radius 3 is 2.95 bits per heavy atom. The molecule has 0 unspecified atom stereocenters. The standard InChI is InChI=1S/C12H9F3N4O2/c13-12(14,15)10-7(2-1-3-16-10)17-11(20)8-6-9-19(18-8)4-5-21-9/h1-3,6H,4-5H2,(H,17,20). The quantitative estimate of drug-likeness (QED) is 0.920. The number of alkyl halides is 3. The number of ether oxygens (including phenoxy) is 1. The van der Waals surface area contributed by atoms with Gasteiger partial charge in [-0.2, -0.15) is 18.3 Å². The highest BCUT2D eigenvalue weighted by Crippen LogP contribution is 2.33. The SMILES string of the molecule is O=C(Nc1cccnc1C(F)(F)F)c1cc2n(n1)CCO2. The number of aromatic nitrogens is 3. The fraction of sp³-hybridized carbons (Fsp3) is 0.250. The third-order valence-corrected chi connectivity index (χ3v) is 2.85. The van der Waals surface area contributed by atoms with Gasteiger partial charge in [0.05, 0.1) is 12.2 Å². The summed E-state index contributed by atoms with van der Waals surface area (Å²) < 4.78 is 45.0. The molecular formula is C12H9F3N4O2. The molecule has 0 saturated carbocycles. The van der Waals surface area contributed by atoms with Crippen LogP contribution in [-0.2, 0) is 12.7 Å². The summed E-state index contributed by atoms with van der Waals surface area (Å²) in [6.45, 7) is 0.967. The van der Waals surface area contributed by atoms with E-state index in [1.807, 2.05) is 0 Å². The second-order valence-electron chi connectivity index (χ2n) is 4.29. The lowest BCUT2D eigenvalue weighted by atomic mass is 10.2. The van der Waals surface area contributed by atoms with Gasteiger partial charge in [0.1, 0.15) is 6.61 Å². The van der Waals surface area contributed by atoms with Crippen molar-refractivity contribution in [1.82, 2.24) is 14.8 Å². The van der Waals surface area contributed by atoms with Crippen molar-refractivity contribution in [2.75, 3.05) is 11.9 Å². The molecule has 3 rings (SSSR count). The Hall–Kier alpha value is -2.58. The molecule has 0 aromatic carbocycles. The molecule has 1 aliphatic heterocycles. The Morgan fingerprint density at radius 1 is 1.43 bits per heavy atom. The van der Waals surface area contributed by atoms with Crippen molar-refractivity contribution in [3.05, 3.63) is 35.8 Å². The zero-order chi connectivity index (χ0) is 15.0. The highest BCUT2D eigenvalue weighted by molar-refractivity contribution is 6.03. The fourth-order valence-electron chi connectivity index (χ4n) is 1.94. The second kappa shape index (κ2) is 4.76. The Balaban J connectivity index is 1.85. The van der Waals surface area contributed by atoms with Crippen LogP contribution in [0.1, 0.15) is 16.2 Å². The fourth-order valence-corrected chi connectivity index (χ4v) is 1.94. The van der Waals surface area contributed by atoms with Gasteiger partial charge in [-0.1, -0.05) is 0 Å². The molecule has 0 radical (unpaired) electrons. The van der Waals surface area contributed by atoms with Crippen molar-refractivity contribution >= 4 is 11.6 Å². The lowest BCUT2D eigenvalue weighted by molar-refractivity contribution is -0.140. The Morgan fingerprint density at radius 2 is 2.24 bits per heavy atom. The molecule has 0 bridgehead atoms. The van der Waals surface area contributed by atoms with Gasteiger partial charge in [0.2, 0.25) is 5.88 Å². The van der Waals surface area contributed by atoms with Gasteiger partial charge >= 0.3 is 6.18 Å². The van der Waals surface area contributed by atoms with Crippen molar-refractivity contribution in [2.45, 2.75) is 12.7 Å². The Labute approximate surface area is 116 Å². The number of amides is 1. The zero-order valence-electron chi connectivity index (χ0n) is 10.5. The van der Waals surface area contributed by atoms with Gasteiger partial charge in [0.25, 0.3) is 5.91 Å². The maximum Gasteiger partial charge on any atom is 0.435 e. The van der Waals surface area contributed by atoms with Crippen LogP contribution in [0.2, 0.25) is 0 Å². The summed E-state index contributed by atoms with van der Waals surface area (Å²) in [5, 5.41) is 6.13. The van der Waals surface area contributed by atoms with Crippen molar-refractivity contribution in [1.29, 1.82) is 0 Å². The number of fused-ring (bicyclic) bond motifs is 1. The normalized spacial score (nSPS) is 13.7. The molecule has 2 aromatic heterocycles. The van der Waals surface area contributed by atoms with Crippen molar-refractivity contribution in [3.8, 4) is 5.88 Å². The van der Waals surface area contributed by atoms with E-state index in [2.05, 4.69) is 15.4 Å². The summed E-state index contributed by atoms with van der Waals surface area (Å²) in [5.41, 5.74) is -1.58. The number of halogens is 3. The molecular weight excluding hydrogens is 289 g/mol. The van der Waals surface area contributed by atoms with E-state index in [9.17, 15) is 18.0 Å². The first-order valence-corrected chi connectivity index (χ1v) is 5.99. The highest BCUT2D eigenvalue weighted by atomic mass is 19.4. The number of nitrogens with one attached hydrogen (secondary N) is 1. The van der Waals surface area contributed by atoms with Crippen molar-refractivity contribution < 1.29 is 22.7 Å². The molecule has 21 heavy (non-hydrogen) atoms. The first-order valence-electron chi connectivity index (χ1n) is 5.99. The number of carbonyl (C=O) groups excluding carboxylic acids is 1. The highest BCUT2D eigenvalue weighted by Gasteiger charge is 2.36. The number of anilines is 1. The molecule has 6 nitrogen and oxygen atoms in total. The van der Waals surface area contributed by atoms with Crippen LogP contribution in [0, 0.1) is 0 Å². The molecule has 0 atom stereocenters. The van der Waals surface area contributed by atoms with E-state index in [1.165, 1.54) is 16.8 Å². The van der Waals surface area contributed by atoms with Gasteiger partial charge in [0, 0.05) is 12.3 Å². The Bertz CT molecular complexity index is 675. The van der Waals surface area contributed by atoms with Gasteiger partial charge in [-0.15, -0.1) is 0 Å². The van der Waals surface area contributed by atoms with Crippen LogP contribution in [-0.4, -0.2) is 27.3 Å². The molecule has 1 amide bonds. The summed E-state index contributed by atoms with van der Waals surface area (Å²) in [6, 6.07) is 3.82. The van der Waals surface area contributed by atoms with Crippen molar-refractivity contribution in [2.24, 2.45) is 0 Å². The average molecular weight is 298 g/mol. The summed E-state index contributed by atoms with van der Waals surface area (Å²) in [4.78, 5) is 15.2. The summed E-state index contributed by atoms with van der Waals surface area (Å²) >= 11 is 0. The lowest BCUT2D eigenvalue weighted by Gasteiger charge is -2.11. The zero-order valence-corrected chi connectivity index (χ0v) is 10.5. The number of carbonyl (C=O) groups is 1. The largest absolute Gasteiger partial charge is 0.476 e. The van der Waals surface area contributed by atoms with E-state index in [4.69, 9.17) is 4.74 Å². The number of hydrogen-bond acceptors (Lipinski definition) is 4. The van der Waals surface area contributed by atoms with Crippen LogP contribution >= 0.6 is 0 Å². The Kier molecular flexibility index (Phi) is 3.04. The molecule has 110 valence electrons. The number of rotatable bonds is 2. The molecule has 0 aliphatic carbocycles. The van der Waals surface area contributed by atoms with Gasteiger partial charge in [-0.25, -0.2) is 9.67 Å². The maximum atomic E-state index is 12.8. The van der Waals surface area contributed by atoms with Crippen LogP contribution in [0.5, 0.6) is 5.88 Å². The topological polar surface area (TPSA) is 69.0 Å². The number of hydrogen-bond donors (Lipinski definition) is 1. The average Bonchev–Trinajstić information content (AvgIpc) is 2.98. The molecule has 2 aromatic rings. The van der Waals surface area contributed by atoms with Crippen LogP contribution in [0.15, 0.2) is 24.4 Å². The van der Waals surface area contributed by atoms with Crippen LogP contribution in [0.4, 0.5) is 18.9 Å². The van der Waals surface area contributed by atoms with Crippen LogP contribution in [0.3, 0.4) is 0 Å². The smallest absolute Gasteiger partial charge is 0.435 e. The van der Waals surface area contributed by atoms with Crippen LogP contribution < -0.4 is 10.1 Å². The van der Waals surface area contributed by atoms with E-state index in [0.29, 0.717) is 19.0 Å². The van der Waals surface area contributed by atoms with Gasteiger partial charge < -0.3 is 10.1 Å². The molecule has 3 heterocycles. The van der Waals surface area contributed by atoms with Crippen molar-refractivity contribution in [3.63, 3.8) is 0 Å². The van der Waals surface area contributed by atoms with E-state index < -0.39 is 23.5 Å². The molecule has 1 aliphatic rings. The lowest BCUT2D eigenvalue weighted by Crippen LogP contribution is -2.18. The predicted molar refractivity (Wildman–Crippen MR) is 64.9 cm³/mol. The summed E-state index contributed by atoms with van der Waals surface area (Å²) in [5.74, 6) is -0.332. The molecule has 0 fully saturated rings. The van der Waals surface area contributed by atoms with E-state index in [-0.39, 0.29) is 5.69 Å². The minimum Gasteiger partial charge on any atom is -0.476 e. The minimum atomic E-state index is -4.65. The van der Waals surface area contributed by atoms with Gasteiger partial charge in [-0.05, 0) is 12.1 Å². The summed E-state index contributed by atoms with van der Waals surface area (Å²) in [6.07, 6.45) is -3.64. The predicted octanol–water partition coefficient (Wildman–Crippen LogP) is 1.94.